The number of amides is 1. The summed E-state index contributed by atoms with van der Waals surface area (Å²) in [5.41, 5.74) is 2.29. The molecule has 1 aliphatic heterocycles. The Morgan fingerprint density at radius 1 is 0.846 bits per heavy atom. The maximum atomic E-state index is 9.70. The van der Waals surface area contributed by atoms with Gasteiger partial charge < -0.3 is 23.8 Å². The van der Waals surface area contributed by atoms with E-state index in [1.165, 1.54) is 58.3 Å². The number of oxazole rings is 1. The van der Waals surface area contributed by atoms with Gasteiger partial charge in [-0.1, -0.05) is 103 Å². The molecule has 0 aromatic carbocycles. The zero-order chi connectivity index (χ0) is 50.4. The highest BCUT2D eigenvalue weighted by atomic mass is 16.5. The molecular weight excluding hydrogens is 823 g/mol. The van der Waals surface area contributed by atoms with E-state index in [2.05, 4.69) is 90.4 Å². The smallest absolute Gasteiger partial charge is 0.232 e. The number of rotatable bonds is 3. The van der Waals surface area contributed by atoms with Crippen molar-refractivity contribution in [3.05, 3.63) is 77.3 Å². The van der Waals surface area contributed by atoms with Gasteiger partial charge in [-0.3, -0.25) is 14.9 Å². The Balaban J connectivity index is -0.000000665. The van der Waals surface area contributed by atoms with Crippen molar-refractivity contribution in [2.24, 2.45) is 21.8 Å². The first-order valence-electron chi connectivity index (χ1n) is 23.0. The van der Waals surface area contributed by atoms with Gasteiger partial charge in [0.15, 0.2) is 11.7 Å². The highest BCUT2D eigenvalue weighted by Crippen LogP contribution is 2.46. The molecule has 1 atom stereocenters. The van der Waals surface area contributed by atoms with Crippen LogP contribution in [0.25, 0.3) is 0 Å². The number of H-pyrrole nitrogens is 1. The summed E-state index contributed by atoms with van der Waals surface area (Å²) in [4.78, 5) is 29.8. The van der Waals surface area contributed by atoms with Crippen LogP contribution < -0.4 is 5.32 Å². The molecule has 3 aliphatic rings. The second kappa shape index (κ2) is 39.3. The number of carbonyl (C=O) groups is 1. The van der Waals surface area contributed by atoms with E-state index in [0.717, 1.165) is 64.9 Å². The molecule has 65 heavy (non-hydrogen) atoms. The van der Waals surface area contributed by atoms with Gasteiger partial charge in [0.05, 0.1) is 18.3 Å². The van der Waals surface area contributed by atoms with Gasteiger partial charge in [0.25, 0.3) is 0 Å². The van der Waals surface area contributed by atoms with Crippen molar-refractivity contribution in [1.82, 2.24) is 45.8 Å². The standard InChI is InChI=1S/C8H16.C7H10N2O.C5H8N2.C5H7NO.C5H10O.C4H7N3.C4H6N2O.C4H10.C4H8.C3H7NO/c1-7-3-5-8(2)6-4-7;1-5-8-6(10-9-5)7(2)3-4-7;1-4-3-6-5(2)7-4;1-4-3-7-5(2)6-4;1-3-4-5(2)6;1-3-5-4(2)7-6-3;1-3-5-6-4(2)7-3;2*1-3-4-2;1-3(5)4-2/h7-8H,3-6H2,1-2H3;3-4H2,1-2H3;3H2,1-2H3;3H,1-2H3;3-6H,1-2H3;1-2H3,(H,5,6,7);1-2H3;3-4H2,1-2H3;3-4H,1-2H3;1-2H3,(H,4,5)/b;;;;4-3+;;;;4-3+;/t;;;;5-;;;;;/m....0...../s1. The molecule has 4 aromatic heterocycles. The minimum atomic E-state index is -0.282. The van der Waals surface area contributed by atoms with Crippen molar-refractivity contribution >= 4 is 17.5 Å². The van der Waals surface area contributed by atoms with Gasteiger partial charge in [-0.15, -0.1) is 10.2 Å². The summed E-state index contributed by atoms with van der Waals surface area (Å²) in [6.07, 6.45) is 19.8. The van der Waals surface area contributed by atoms with Crippen LogP contribution in [0.15, 0.2) is 53.9 Å². The molecule has 0 radical (unpaired) electrons. The zero-order valence-corrected chi connectivity index (χ0v) is 44.1. The molecule has 4 aromatic rings. The lowest BCUT2D eigenvalue weighted by molar-refractivity contribution is -0.118. The number of carbonyl (C=O) groups excluding carboxylic acids is 1. The summed E-state index contributed by atoms with van der Waals surface area (Å²) in [5, 5.41) is 28.3. The third-order valence-electron chi connectivity index (χ3n) is 8.96. The number of unbranched alkanes of at least 4 members (excludes halogenated alkanes) is 1. The van der Waals surface area contributed by atoms with Gasteiger partial charge >= 0.3 is 0 Å². The molecule has 2 aliphatic carbocycles. The Morgan fingerprint density at radius 2 is 1.35 bits per heavy atom. The van der Waals surface area contributed by atoms with Gasteiger partial charge in [-0.25, -0.2) is 15.0 Å². The first-order chi connectivity index (χ1) is 30.5. The molecule has 0 spiro atoms. The number of aliphatic imine (C=N–C) groups is 2. The summed E-state index contributed by atoms with van der Waals surface area (Å²) in [6, 6.07) is 0. The van der Waals surface area contributed by atoms with Crippen LogP contribution in [-0.2, 0) is 10.2 Å². The van der Waals surface area contributed by atoms with Gasteiger partial charge in [-0.2, -0.15) is 10.1 Å². The van der Waals surface area contributed by atoms with Crippen LogP contribution in [0.1, 0.15) is 181 Å². The number of allylic oxidation sites excluding steroid dienone is 3. The molecule has 5 heterocycles. The quantitative estimate of drug-likeness (QED) is 0.163. The van der Waals surface area contributed by atoms with Crippen LogP contribution in [-0.4, -0.2) is 82.8 Å². The van der Waals surface area contributed by atoms with E-state index in [4.69, 9.17) is 18.5 Å². The Bertz CT molecular complexity index is 1700. The number of aryl methyl sites for hydroxylation is 7. The second-order valence-electron chi connectivity index (χ2n) is 16.3. The van der Waals surface area contributed by atoms with Gasteiger partial charge in [0.1, 0.15) is 23.7 Å². The predicted octanol–water partition coefficient (Wildman–Crippen LogP) is 11.6. The summed E-state index contributed by atoms with van der Waals surface area (Å²) in [5.74, 6) is 8.16. The fraction of sp³-hybridized carbons (Fsp3) is 0.673. The Kier molecular flexibility index (Phi) is 38.8. The molecule has 0 bridgehead atoms. The van der Waals surface area contributed by atoms with E-state index >= 15 is 0 Å². The monoisotopic (exact) mass is 912 g/mol. The molecule has 0 unspecified atom stereocenters. The topological polar surface area (TPSA) is 219 Å². The zero-order valence-electron chi connectivity index (χ0n) is 44.1. The molecule has 16 heteroatoms. The number of hydrogen-bond donors (Lipinski definition) is 3. The Morgan fingerprint density at radius 3 is 1.51 bits per heavy atom. The predicted molar refractivity (Wildman–Crippen MR) is 266 cm³/mol. The van der Waals surface area contributed by atoms with Crippen molar-refractivity contribution < 1.29 is 23.3 Å². The summed E-state index contributed by atoms with van der Waals surface area (Å²) < 4.78 is 14.7. The van der Waals surface area contributed by atoms with E-state index in [0.29, 0.717) is 11.8 Å². The highest BCUT2D eigenvalue weighted by Gasteiger charge is 2.44. The molecule has 7 rings (SSSR count). The van der Waals surface area contributed by atoms with E-state index in [-0.39, 0.29) is 17.4 Å². The first-order valence-corrected chi connectivity index (χ1v) is 23.0. The molecule has 2 fully saturated rings. The number of nitrogens with zero attached hydrogens (tertiary/aromatic N) is 9. The van der Waals surface area contributed by atoms with Gasteiger partial charge in [0.2, 0.25) is 23.6 Å². The third kappa shape index (κ3) is 41.3. The fourth-order valence-electron chi connectivity index (χ4n) is 4.55. The van der Waals surface area contributed by atoms with Crippen LogP contribution >= 0.6 is 0 Å². The summed E-state index contributed by atoms with van der Waals surface area (Å²) in [7, 11) is 1.60. The van der Waals surface area contributed by atoms with Crippen molar-refractivity contribution in [3.63, 3.8) is 0 Å². The Hall–Kier alpha value is -5.12. The van der Waals surface area contributed by atoms with E-state index in [9.17, 15) is 4.79 Å². The SMILES string of the molecule is C/C=C/C.C/C=C/[C@H](C)O.CC1=NC(C)=NC1.CC1CCC(C)CC1.CCCC.CNC(C)=O.Cc1coc(C)n1.Cc1n[nH]c(C)n1.Cc1nnc(C)o1.Cc1noc(C2(C)CC2)n1. The second-order valence-corrected chi connectivity index (χ2v) is 16.3. The summed E-state index contributed by atoms with van der Waals surface area (Å²) >= 11 is 0. The number of aromatic amines is 1. The minimum Gasteiger partial charge on any atom is -0.449 e. The molecular formula is C49H89N11O5. The number of hydrogen-bond acceptors (Lipinski definition) is 14. The average Bonchev–Trinajstić information content (AvgIpc) is 3.82. The molecule has 1 amide bonds. The lowest BCUT2D eigenvalue weighted by atomic mass is 9.84. The van der Waals surface area contributed by atoms with Crippen LogP contribution in [0.5, 0.6) is 0 Å². The minimum absolute atomic E-state index is 0.00463. The number of nitrogens with one attached hydrogen (secondary N) is 2. The Labute approximate surface area is 392 Å². The normalized spacial score (nSPS) is 16.3. The van der Waals surface area contributed by atoms with E-state index < -0.39 is 0 Å². The van der Waals surface area contributed by atoms with Crippen molar-refractivity contribution in [2.45, 2.75) is 194 Å². The number of aliphatic hydroxyl groups excluding tert-OH is 1. The largest absolute Gasteiger partial charge is 0.449 e. The van der Waals surface area contributed by atoms with Gasteiger partial charge in [0, 0.05) is 45.9 Å². The van der Waals surface area contributed by atoms with Crippen molar-refractivity contribution in [1.29, 1.82) is 0 Å². The maximum Gasteiger partial charge on any atom is 0.232 e. The third-order valence-corrected chi connectivity index (χ3v) is 8.96. The number of amidine groups is 1. The number of aliphatic hydroxyl groups is 1. The van der Waals surface area contributed by atoms with Gasteiger partial charge in [-0.05, 0) is 93.9 Å². The van der Waals surface area contributed by atoms with Crippen LogP contribution in [0, 0.1) is 60.3 Å². The lowest BCUT2D eigenvalue weighted by Gasteiger charge is -2.22. The molecule has 0 saturated heterocycles. The van der Waals surface area contributed by atoms with Crippen LogP contribution in [0.2, 0.25) is 0 Å². The van der Waals surface area contributed by atoms with Crippen LogP contribution in [0.3, 0.4) is 0 Å². The summed E-state index contributed by atoms with van der Waals surface area (Å²) in [6.45, 7) is 37.9. The van der Waals surface area contributed by atoms with E-state index in [1.54, 1.807) is 40.2 Å². The van der Waals surface area contributed by atoms with Crippen LogP contribution in [0.4, 0.5) is 0 Å². The average molecular weight is 912 g/mol. The van der Waals surface area contributed by atoms with E-state index in [1.807, 2.05) is 87.5 Å². The lowest BCUT2D eigenvalue weighted by Crippen LogP contribution is -2.11. The maximum absolute atomic E-state index is 9.70. The number of aromatic nitrogens is 8. The molecule has 3 N–H and O–H groups in total. The van der Waals surface area contributed by atoms with Crippen molar-refractivity contribution in [3.8, 4) is 0 Å². The molecule has 2 saturated carbocycles. The first kappa shape index (κ1) is 64.2. The fourth-order valence-corrected chi connectivity index (χ4v) is 4.55. The molecule has 370 valence electrons. The highest BCUT2D eigenvalue weighted by molar-refractivity contribution is 6.01. The molecule has 16 nitrogen and oxygen atoms in total. The van der Waals surface area contributed by atoms with Crippen molar-refractivity contribution in [2.75, 3.05) is 13.6 Å².